The number of nitrogens with two attached hydrogens (primary N) is 1. The van der Waals surface area contributed by atoms with Gasteiger partial charge in [-0.25, -0.2) is 13.1 Å². The molecule has 0 bridgehead atoms. The maximum absolute atomic E-state index is 11.9. The zero-order chi connectivity index (χ0) is 12.9. The summed E-state index contributed by atoms with van der Waals surface area (Å²) in [5.74, 6) is 0. The molecule has 0 aliphatic rings. The fourth-order valence-electron chi connectivity index (χ4n) is 1.56. The van der Waals surface area contributed by atoms with E-state index in [1.807, 2.05) is 19.9 Å². The molecule has 0 saturated carbocycles. The first kappa shape index (κ1) is 14.2. The van der Waals surface area contributed by atoms with E-state index in [1.165, 1.54) is 0 Å². The standard InChI is InChI=1S/C12H20N2O2S/c1-3-5-11(13)9-14-17(15,16)12-7-4-6-10(2)8-12/h4,6-8,11,14H,3,5,9,13H2,1-2H3. The Morgan fingerprint density at radius 1 is 1.41 bits per heavy atom. The lowest BCUT2D eigenvalue weighted by Gasteiger charge is -2.12. The van der Waals surface area contributed by atoms with Crippen molar-refractivity contribution in [3.63, 3.8) is 0 Å². The van der Waals surface area contributed by atoms with E-state index in [4.69, 9.17) is 5.73 Å². The lowest BCUT2D eigenvalue weighted by atomic mass is 10.2. The summed E-state index contributed by atoms with van der Waals surface area (Å²) in [6.45, 7) is 4.17. The lowest BCUT2D eigenvalue weighted by Crippen LogP contribution is -2.37. The number of nitrogens with one attached hydrogen (secondary N) is 1. The minimum atomic E-state index is -3.43. The Bertz CT molecular complexity index is 457. The van der Waals surface area contributed by atoms with E-state index >= 15 is 0 Å². The van der Waals surface area contributed by atoms with Crippen LogP contribution in [0.15, 0.2) is 29.2 Å². The molecule has 1 aromatic rings. The third kappa shape index (κ3) is 4.46. The van der Waals surface area contributed by atoms with E-state index in [0.717, 1.165) is 18.4 Å². The molecule has 3 N–H and O–H groups in total. The van der Waals surface area contributed by atoms with Crippen molar-refractivity contribution < 1.29 is 8.42 Å². The van der Waals surface area contributed by atoms with E-state index in [2.05, 4.69) is 4.72 Å². The molecule has 0 aromatic heterocycles. The molecule has 0 saturated heterocycles. The van der Waals surface area contributed by atoms with Gasteiger partial charge < -0.3 is 5.73 Å². The quantitative estimate of drug-likeness (QED) is 0.808. The molecule has 0 radical (unpaired) electrons. The third-order valence-electron chi connectivity index (χ3n) is 2.49. The van der Waals surface area contributed by atoms with Crippen LogP contribution >= 0.6 is 0 Å². The van der Waals surface area contributed by atoms with Crippen molar-refractivity contribution in [2.75, 3.05) is 6.54 Å². The van der Waals surface area contributed by atoms with Crippen LogP contribution in [-0.2, 0) is 10.0 Å². The SMILES string of the molecule is CCCC(N)CNS(=O)(=O)c1cccc(C)c1. The topological polar surface area (TPSA) is 72.2 Å². The molecule has 0 amide bonds. The largest absolute Gasteiger partial charge is 0.327 e. The maximum Gasteiger partial charge on any atom is 0.240 e. The van der Waals surface area contributed by atoms with Crippen molar-refractivity contribution in [1.82, 2.24) is 4.72 Å². The number of hydrogen-bond donors (Lipinski definition) is 2. The third-order valence-corrected chi connectivity index (χ3v) is 3.92. The summed E-state index contributed by atoms with van der Waals surface area (Å²) in [6.07, 6.45) is 1.77. The molecule has 96 valence electrons. The van der Waals surface area contributed by atoms with Crippen molar-refractivity contribution in [2.45, 2.75) is 37.6 Å². The predicted octanol–water partition coefficient (Wildman–Crippen LogP) is 1.40. The van der Waals surface area contributed by atoms with Gasteiger partial charge in [-0.3, -0.25) is 0 Å². The highest BCUT2D eigenvalue weighted by atomic mass is 32.2. The summed E-state index contributed by atoms with van der Waals surface area (Å²) < 4.78 is 26.4. The lowest BCUT2D eigenvalue weighted by molar-refractivity contribution is 0.552. The van der Waals surface area contributed by atoms with E-state index in [-0.39, 0.29) is 12.6 Å². The van der Waals surface area contributed by atoms with Gasteiger partial charge >= 0.3 is 0 Å². The van der Waals surface area contributed by atoms with Crippen molar-refractivity contribution in [2.24, 2.45) is 5.73 Å². The number of sulfonamides is 1. The van der Waals surface area contributed by atoms with Crippen molar-refractivity contribution >= 4 is 10.0 Å². The van der Waals surface area contributed by atoms with Gasteiger partial charge in [0, 0.05) is 12.6 Å². The summed E-state index contributed by atoms with van der Waals surface area (Å²) in [4.78, 5) is 0.293. The number of benzene rings is 1. The second-order valence-electron chi connectivity index (χ2n) is 4.22. The molecule has 0 aliphatic carbocycles. The van der Waals surface area contributed by atoms with Crippen molar-refractivity contribution in [3.8, 4) is 0 Å². The number of hydrogen-bond acceptors (Lipinski definition) is 3. The summed E-state index contributed by atoms with van der Waals surface area (Å²) in [5, 5.41) is 0. The molecule has 1 rings (SSSR count). The number of aryl methyl sites for hydroxylation is 1. The average molecular weight is 256 g/mol. The van der Waals surface area contributed by atoms with Crippen LogP contribution in [0.3, 0.4) is 0 Å². The van der Waals surface area contributed by atoms with E-state index in [0.29, 0.717) is 4.90 Å². The molecule has 4 nitrogen and oxygen atoms in total. The minimum absolute atomic E-state index is 0.125. The molecule has 17 heavy (non-hydrogen) atoms. The Kier molecular flexibility index (Phi) is 5.11. The van der Waals surface area contributed by atoms with Crippen LogP contribution in [0.4, 0.5) is 0 Å². The van der Waals surface area contributed by atoms with Gasteiger partial charge in [-0.15, -0.1) is 0 Å². The molecule has 0 spiro atoms. The molecule has 1 atom stereocenters. The summed E-state index contributed by atoms with van der Waals surface area (Å²) in [5.41, 5.74) is 6.69. The summed E-state index contributed by atoms with van der Waals surface area (Å²) in [7, 11) is -3.43. The van der Waals surface area contributed by atoms with Crippen molar-refractivity contribution in [3.05, 3.63) is 29.8 Å². The minimum Gasteiger partial charge on any atom is -0.327 e. The Balaban J connectivity index is 2.69. The first-order valence-corrected chi connectivity index (χ1v) is 7.26. The second kappa shape index (κ2) is 6.14. The average Bonchev–Trinajstić information content (AvgIpc) is 2.27. The molecular weight excluding hydrogens is 236 g/mol. The van der Waals surface area contributed by atoms with Gasteiger partial charge in [-0.05, 0) is 31.0 Å². The van der Waals surface area contributed by atoms with Gasteiger partial charge in [0.2, 0.25) is 10.0 Å². The van der Waals surface area contributed by atoms with E-state index < -0.39 is 10.0 Å². The van der Waals surface area contributed by atoms with Crippen LogP contribution in [0.2, 0.25) is 0 Å². The Labute approximate surface area is 103 Å². The molecule has 5 heteroatoms. The molecule has 0 fully saturated rings. The Morgan fingerprint density at radius 2 is 2.12 bits per heavy atom. The van der Waals surface area contributed by atoms with Crippen LogP contribution in [0.5, 0.6) is 0 Å². The molecule has 1 aromatic carbocycles. The summed E-state index contributed by atoms with van der Waals surface area (Å²) in [6, 6.07) is 6.70. The van der Waals surface area contributed by atoms with Gasteiger partial charge in [-0.2, -0.15) is 0 Å². The van der Waals surface area contributed by atoms with Crippen LogP contribution < -0.4 is 10.5 Å². The van der Waals surface area contributed by atoms with Crippen LogP contribution in [0.25, 0.3) is 0 Å². The zero-order valence-corrected chi connectivity index (χ0v) is 11.1. The predicted molar refractivity (Wildman–Crippen MR) is 69.3 cm³/mol. The van der Waals surface area contributed by atoms with Crippen LogP contribution in [0.1, 0.15) is 25.3 Å². The zero-order valence-electron chi connectivity index (χ0n) is 10.3. The molecule has 1 unspecified atom stereocenters. The molecule has 0 aliphatic heterocycles. The smallest absolute Gasteiger partial charge is 0.240 e. The highest BCUT2D eigenvalue weighted by molar-refractivity contribution is 7.89. The van der Waals surface area contributed by atoms with E-state index in [9.17, 15) is 8.42 Å². The first-order valence-electron chi connectivity index (χ1n) is 5.77. The summed E-state index contributed by atoms with van der Waals surface area (Å²) >= 11 is 0. The number of rotatable bonds is 6. The maximum atomic E-state index is 11.9. The van der Waals surface area contributed by atoms with Crippen LogP contribution in [-0.4, -0.2) is 21.0 Å². The Morgan fingerprint density at radius 3 is 2.71 bits per heavy atom. The van der Waals surface area contributed by atoms with Gasteiger partial charge in [0.15, 0.2) is 0 Å². The van der Waals surface area contributed by atoms with Gasteiger partial charge in [0.05, 0.1) is 4.90 Å². The fraction of sp³-hybridized carbons (Fsp3) is 0.500. The first-order chi connectivity index (χ1) is 7.95. The highest BCUT2D eigenvalue weighted by Crippen LogP contribution is 2.10. The van der Waals surface area contributed by atoms with Crippen molar-refractivity contribution in [1.29, 1.82) is 0 Å². The molecule has 0 heterocycles. The van der Waals surface area contributed by atoms with Crippen LogP contribution in [0, 0.1) is 6.92 Å². The fourth-order valence-corrected chi connectivity index (χ4v) is 2.75. The van der Waals surface area contributed by atoms with Gasteiger partial charge in [0.1, 0.15) is 0 Å². The van der Waals surface area contributed by atoms with Gasteiger partial charge in [-0.1, -0.05) is 25.5 Å². The monoisotopic (exact) mass is 256 g/mol. The Hall–Kier alpha value is -0.910. The highest BCUT2D eigenvalue weighted by Gasteiger charge is 2.14. The van der Waals surface area contributed by atoms with E-state index in [1.54, 1.807) is 18.2 Å². The molecular formula is C12H20N2O2S. The normalized spacial score (nSPS) is 13.6. The second-order valence-corrected chi connectivity index (χ2v) is 5.98. The van der Waals surface area contributed by atoms with Gasteiger partial charge in [0.25, 0.3) is 0 Å².